The fourth-order valence-electron chi connectivity index (χ4n) is 3.70. The maximum atomic E-state index is 12.4. The average Bonchev–Trinajstić information content (AvgIpc) is 2.68. The van der Waals surface area contributed by atoms with Gasteiger partial charge in [-0.25, -0.2) is 0 Å². The third kappa shape index (κ3) is 7.39. The minimum Gasteiger partial charge on any atom is -0.494 e. The Morgan fingerprint density at radius 2 is 1.54 bits per heavy atom. The highest BCUT2D eigenvalue weighted by atomic mass is 16.5. The molecule has 26 heavy (non-hydrogen) atoms. The Hall–Kier alpha value is -1.51. The van der Waals surface area contributed by atoms with Crippen LogP contribution in [0.25, 0.3) is 0 Å². The Balaban J connectivity index is 1.69. The van der Waals surface area contributed by atoms with Crippen LogP contribution in [0.15, 0.2) is 24.3 Å². The summed E-state index contributed by atoms with van der Waals surface area (Å²) >= 11 is 0. The maximum absolute atomic E-state index is 12.4. The summed E-state index contributed by atoms with van der Waals surface area (Å²) in [5, 5.41) is 0. The average molecular weight is 361 g/mol. The first-order valence-corrected chi connectivity index (χ1v) is 10.7. The number of carbonyl (C=O) groups excluding carboxylic acids is 1. The molecule has 0 aliphatic heterocycles. The number of ether oxygens (including phenoxy) is 2. The van der Waals surface area contributed by atoms with Gasteiger partial charge in [-0.1, -0.05) is 52.4 Å². The molecule has 1 aliphatic carbocycles. The molecule has 0 saturated heterocycles. The molecule has 1 aliphatic rings. The fourth-order valence-corrected chi connectivity index (χ4v) is 3.70. The van der Waals surface area contributed by atoms with Crippen molar-refractivity contribution < 1.29 is 14.3 Å². The molecule has 0 spiro atoms. The largest absolute Gasteiger partial charge is 0.494 e. The first-order chi connectivity index (χ1) is 12.7. The van der Waals surface area contributed by atoms with Crippen molar-refractivity contribution >= 4 is 5.97 Å². The minimum atomic E-state index is -0.0628. The number of esters is 1. The summed E-state index contributed by atoms with van der Waals surface area (Å²) in [5.41, 5.74) is 0. The zero-order chi connectivity index (χ0) is 18.6. The Morgan fingerprint density at radius 1 is 0.885 bits per heavy atom. The van der Waals surface area contributed by atoms with Crippen molar-refractivity contribution in [2.45, 2.75) is 84.5 Å². The van der Waals surface area contributed by atoms with Crippen molar-refractivity contribution in [2.75, 3.05) is 6.61 Å². The zero-order valence-electron chi connectivity index (χ0n) is 16.7. The molecule has 0 unspecified atom stereocenters. The lowest BCUT2D eigenvalue weighted by atomic mass is 9.80. The quantitative estimate of drug-likeness (QED) is 0.255. The van der Waals surface area contributed by atoms with Gasteiger partial charge in [-0.2, -0.15) is 0 Å². The molecule has 0 amide bonds. The lowest BCUT2D eigenvalue weighted by molar-refractivity contribution is -0.140. The Kier molecular flexibility index (Phi) is 9.58. The van der Waals surface area contributed by atoms with Gasteiger partial charge in [0.25, 0.3) is 0 Å². The van der Waals surface area contributed by atoms with E-state index in [-0.39, 0.29) is 11.9 Å². The molecular formula is C23H36O3. The SMILES string of the molecule is CCCCCCOc1ccc(OC(=O)[C@H]2CC[C@H](CCCC)CC2)cc1. The van der Waals surface area contributed by atoms with Crippen LogP contribution in [-0.2, 0) is 4.79 Å². The van der Waals surface area contributed by atoms with Crippen LogP contribution in [0.2, 0.25) is 0 Å². The molecule has 1 aromatic rings. The fraction of sp³-hybridized carbons (Fsp3) is 0.696. The Morgan fingerprint density at radius 3 is 2.19 bits per heavy atom. The summed E-state index contributed by atoms with van der Waals surface area (Å²) in [6.45, 7) is 5.20. The predicted molar refractivity (Wildman–Crippen MR) is 107 cm³/mol. The summed E-state index contributed by atoms with van der Waals surface area (Å²) in [5.74, 6) is 2.29. The van der Waals surface area contributed by atoms with Crippen LogP contribution in [0.3, 0.4) is 0 Å². The molecule has 1 fully saturated rings. The van der Waals surface area contributed by atoms with Crippen LogP contribution in [0.5, 0.6) is 11.5 Å². The van der Waals surface area contributed by atoms with E-state index in [9.17, 15) is 4.79 Å². The molecule has 146 valence electrons. The van der Waals surface area contributed by atoms with E-state index in [4.69, 9.17) is 9.47 Å². The second kappa shape index (κ2) is 12.0. The van der Waals surface area contributed by atoms with E-state index in [1.807, 2.05) is 24.3 Å². The predicted octanol–water partition coefficient (Wildman–Crippen LogP) is 6.55. The summed E-state index contributed by atoms with van der Waals surface area (Å²) in [6, 6.07) is 7.46. The van der Waals surface area contributed by atoms with Crippen molar-refractivity contribution in [3.63, 3.8) is 0 Å². The van der Waals surface area contributed by atoms with E-state index < -0.39 is 0 Å². The van der Waals surface area contributed by atoms with Gasteiger partial charge < -0.3 is 9.47 Å². The van der Waals surface area contributed by atoms with Crippen LogP contribution in [0, 0.1) is 11.8 Å². The van der Waals surface area contributed by atoms with E-state index in [0.717, 1.165) is 37.5 Å². The highest BCUT2D eigenvalue weighted by molar-refractivity contribution is 5.75. The van der Waals surface area contributed by atoms with Gasteiger partial charge in [0.15, 0.2) is 0 Å². The van der Waals surface area contributed by atoms with Gasteiger partial charge in [0.1, 0.15) is 11.5 Å². The van der Waals surface area contributed by atoms with E-state index in [1.165, 1.54) is 51.4 Å². The molecule has 1 aromatic carbocycles. The van der Waals surface area contributed by atoms with Crippen LogP contribution in [-0.4, -0.2) is 12.6 Å². The molecular weight excluding hydrogens is 324 g/mol. The molecule has 1 saturated carbocycles. The lowest BCUT2D eigenvalue weighted by Gasteiger charge is -2.27. The first kappa shape index (κ1) is 20.8. The van der Waals surface area contributed by atoms with Crippen molar-refractivity contribution in [3.8, 4) is 11.5 Å². The first-order valence-electron chi connectivity index (χ1n) is 10.7. The molecule has 0 N–H and O–H groups in total. The van der Waals surface area contributed by atoms with Gasteiger partial charge in [0.05, 0.1) is 12.5 Å². The van der Waals surface area contributed by atoms with E-state index in [0.29, 0.717) is 5.75 Å². The van der Waals surface area contributed by atoms with E-state index in [2.05, 4.69) is 13.8 Å². The van der Waals surface area contributed by atoms with Gasteiger partial charge >= 0.3 is 5.97 Å². The molecule has 3 heteroatoms. The molecule has 2 rings (SSSR count). The van der Waals surface area contributed by atoms with Gasteiger partial charge in [0, 0.05) is 0 Å². The standard InChI is InChI=1S/C23H36O3/c1-3-5-7-8-18-25-21-14-16-22(17-15-21)26-23(24)20-12-10-19(11-13-20)9-6-4-2/h14-17,19-20H,3-13,18H2,1-2H3/t19-,20-. The topological polar surface area (TPSA) is 35.5 Å². The third-order valence-electron chi connectivity index (χ3n) is 5.45. The minimum absolute atomic E-state index is 0.0628. The smallest absolute Gasteiger partial charge is 0.314 e. The Labute approximate surface area is 159 Å². The maximum Gasteiger partial charge on any atom is 0.314 e. The van der Waals surface area contributed by atoms with Gasteiger partial charge in [-0.3, -0.25) is 4.79 Å². The molecule has 0 radical (unpaired) electrons. The van der Waals surface area contributed by atoms with Crippen LogP contribution in [0.4, 0.5) is 0 Å². The van der Waals surface area contributed by atoms with Crippen LogP contribution >= 0.6 is 0 Å². The van der Waals surface area contributed by atoms with Gasteiger partial charge in [0.2, 0.25) is 0 Å². The number of hydrogen-bond acceptors (Lipinski definition) is 3. The van der Waals surface area contributed by atoms with Crippen molar-refractivity contribution in [1.82, 2.24) is 0 Å². The van der Waals surface area contributed by atoms with Gasteiger partial charge in [-0.15, -0.1) is 0 Å². The molecule has 0 bridgehead atoms. The lowest BCUT2D eigenvalue weighted by Crippen LogP contribution is -2.25. The number of hydrogen-bond donors (Lipinski definition) is 0. The second-order valence-electron chi connectivity index (χ2n) is 7.66. The van der Waals surface area contributed by atoms with Crippen molar-refractivity contribution in [3.05, 3.63) is 24.3 Å². The number of benzene rings is 1. The van der Waals surface area contributed by atoms with E-state index in [1.54, 1.807) is 0 Å². The monoisotopic (exact) mass is 360 g/mol. The Bertz CT molecular complexity index is 501. The molecule has 0 aromatic heterocycles. The number of carbonyl (C=O) groups is 1. The van der Waals surface area contributed by atoms with Crippen molar-refractivity contribution in [1.29, 1.82) is 0 Å². The number of rotatable bonds is 11. The van der Waals surface area contributed by atoms with Crippen LogP contribution in [0.1, 0.15) is 84.5 Å². The molecule has 0 atom stereocenters. The summed E-state index contributed by atoms with van der Waals surface area (Å²) in [7, 11) is 0. The molecule has 3 nitrogen and oxygen atoms in total. The normalized spacial score (nSPS) is 19.9. The number of unbranched alkanes of at least 4 members (excludes halogenated alkanes) is 4. The van der Waals surface area contributed by atoms with Crippen molar-refractivity contribution in [2.24, 2.45) is 11.8 Å². The second-order valence-corrected chi connectivity index (χ2v) is 7.66. The van der Waals surface area contributed by atoms with Gasteiger partial charge in [-0.05, 0) is 62.3 Å². The van der Waals surface area contributed by atoms with E-state index >= 15 is 0 Å². The molecule has 0 heterocycles. The van der Waals surface area contributed by atoms with Crippen LogP contribution < -0.4 is 9.47 Å². The zero-order valence-corrected chi connectivity index (χ0v) is 16.7. The highest BCUT2D eigenvalue weighted by Crippen LogP contribution is 2.33. The highest BCUT2D eigenvalue weighted by Gasteiger charge is 2.27. The summed E-state index contributed by atoms with van der Waals surface area (Å²) < 4.78 is 11.3. The summed E-state index contributed by atoms with van der Waals surface area (Å²) in [4.78, 5) is 12.4. The summed E-state index contributed by atoms with van der Waals surface area (Å²) in [6.07, 6.45) is 13.0. The third-order valence-corrected chi connectivity index (χ3v) is 5.45.